The van der Waals surface area contributed by atoms with Gasteiger partial charge in [0.1, 0.15) is 5.25 Å². The maximum Gasteiger partial charge on any atom is 0.157 e. The summed E-state index contributed by atoms with van der Waals surface area (Å²) in [5.41, 5.74) is -0.437. The molecule has 0 N–H and O–H groups in total. The third-order valence-corrected chi connectivity index (χ3v) is 3.99. The molecule has 0 spiro atoms. The molecule has 0 aromatic rings. The van der Waals surface area contributed by atoms with Gasteiger partial charge in [0.05, 0.1) is 0 Å². The van der Waals surface area contributed by atoms with Gasteiger partial charge in [-0.2, -0.15) is 0 Å². The fraction of sp³-hybridized carbons (Fsp3) is 0.875. The molecule has 1 aliphatic carbocycles. The van der Waals surface area contributed by atoms with Gasteiger partial charge >= 0.3 is 0 Å². The predicted molar refractivity (Wildman–Crippen MR) is 46.7 cm³/mol. The summed E-state index contributed by atoms with van der Waals surface area (Å²) >= 11 is 0. The van der Waals surface area contributed by atoms with Crippen LogP contribution in [0.5, 0.6) is 0 Å². The van der Waals surface area contributed by atoms with E-state index in [1.165, 1.54) is 0 Å². The molecule has 1 saturated carbocycles. The zero-order valence-corrected chi connectivity index (χ0v) is 8.44. The van der Waals surface area contributed by atoms with Crippen LogP contribution in [0.25, 0.3) is 0 Å². The van der Waals surface area contributed by atoms with Gasteiger partial charge in [0.25, 0.3) is 0 Å². The van der Waals surface area contributed by atoms with Crippen LogP contribution in [-0.2, 0) is 14.6 Å². The lowest BCUT2D eigenvalue weighted by atomic mass is 9.91. The van der Waals surface area contributed by atoms with Crippen LogP contribution in [-0.4, -0.2) is 25.7 Å². The van der Waals surface area contributed by atoms with Gasteiger partial charge in [-0.15, -0.1) is 0 Å². The van der Waals surface area contributed by atoms with Gasteiger partial charge in [0, 0.05) is 11.7 Å². The van der Waals surface area contributed by atoms with Gasteiger partial charge in [-0.1, -0.05) is 13.8 Å². The summed E-state index contributed by atoms with van der Waals surface area (Å²) in [5, 5.41) is -0.743. The Morgan fingerprint density at radius 2 is 1.92 bits per heavy atom. The molecule has 0 amide bonds. The first-order valence-electron chi connectivity index (χ1n) is 3.98. The van der Waals surface area contributed by atoms with E-state index in [2.05, 4.69) is 0 Å². The molecule has 0 aliphatic heterocycles. The van der Waals surface area contributed by atoms with Gasteiger partial charge in [-0.05, 0) is 12.8 Å². The molecule has 1 aliphatic rings. The second-order valence-electron chi connectivity index (χ2n) is 4.10. The molecule has 0 saturated heterocycles. The van der Waals surface area contributed by atoms with E-state index in [0.29, 0.717) is 12.8 Å². The van der Waals surface area contributed by atoms with Crippen molar-refractivity contribution in [2.24, 2.45) is 5.41 Å². The smallest absolute Gasteiger partial charge is 0.157 e. The monoisotopic (exact) mass is 190 g/mol. The summed E-state index contributed by atoms with van der Waals surface area (Å²) in [6, 6.07) is 0. The Hall–Kier alpha value is -0.380. The Morgan fingerprint density at radius 1 is 1.42 bits per heavy atom. The molecular formula is C8H14O3S. The summed E-state index contributed by atoms with van der Waals surface area (Å²) in [6.07, 6.45) is 2.31. The first kappa shape index (κ1) is 9.71. The van der Waals surface area contributed by atoms with Crippen molar-refractivity contribution in [3.63, 3.8) is 0 Å². The van der Waals surface area contributed by atoms with Gasteiger partial charge in [-0.25, -0.2) is 8.42 Å². The van der Waals surface area contributed by atoms with Crippen molar-refractivity contribution in [2.75, 3.05) is 6.26 Å². The van der Waals surface area contributed by atoms with E-state index < -0.39 is 20.5 Å². The molecule has 4 heteroatoms. The van der Waals surface area contributed by atoms with E-state index >= 15 is 0 Å². The van der Waals surface area contributed by atoms with Crippen LogP contribution in [0.2, 0.25) is 0 Å². The van der Waals surface area contributed by atoms with Crippen LogP contribution in [0, 0.1) is 5.41 Å². The van der Waals surface area contributed by atoms with Crippen molar-refractivity contribution in [1.29, 1.82) is 0 Å². The highest BCUT2D eigenvalue weighted by molar-refractivity contribution is 7.92. The van der Waals surface area contributed by atoms with Crippen molar-refractivity contribution in [1.82, 2.24) is 0 Å². The lowest BCUT2D eigenvalue weighted by Gasteiger charge is -2.14. The quantitative estimate of drug-likeness (QED) is 0.614. The summed E-state index contributed by atoms with van der Waals surface area (Å²) in [4.78, 5) is 11.5. The van der Waals surface area contributed by atoms with Gasteiger partial charge in [0.2, 0.25) is 0 Å². The topological polar surface area (TPSA) is 51.2 Å². The fourth-order valence-corrected chi connectivity index (χ4v) is 2.84. The SMILES string of the molecule is CC1(C)CCC(S(C)(=O)=O)C1=O. The maximum atomic E-state index is 11.5. The van der Waals surface area contributed by atoms with Crippen LogP contribution >= 0.6 is 0 Å². The van der Waals surface area contributed by atoms with Crippen molar-refractivity contribution in [3.05, 3.63) is 0 Å². The first-order valence-corrected chi connectivity index (χ1v) is 5.94. The van der Waals surface area contributed by atoms with E-state index in [9.17, 15) is 13.2 Å². The second kappa shape index (κ2) is 2.55. The Balaban J connectivity index is 2.97. The predicted octanol–water partition coefficient (Wildman–Crippen LogP) is 0.789. The van der Waals surface area contributed by atoms with Crippen LogP contribution in [0.4, 0.5) is 0 Å². The Labute approximate surface area is 73.1 Å². The lowest BCUT2D eigenvalue weighted by molar-refractivity contribution is -0.123. The number of sulfone groups is 1. The van der Waals surface area contributed by atoms with Gasteiger partial charge in [-0.3, -0.25) is 4.79 Å². The molecule has 0 aromatic carbocycles. The Morgan fingerprint density at radius 3 is 2.08 bits per heavy atom. The van der Waals surface area contributed by atoms with Crippen LogP contribution in [0.3, 0.4) is 0 Å². The standard InChI is InChI=1S/C8H14O3S/c1-8(2)5-4-6(7(8)9)12(3,10)11/h6H,4-5H2,1-3H3. The van der Waals surface area contributed by atoms with Crippen LogP contribution in [0.1, 0.15) is 26.7 Å². The minimum Gasteiger partial charge on any atom is -0.298 e. The summed E-state index contributed by atoms with van der Waals surface area (Å²) < 4.78 is 22.2. The van der Waals surface area contributed by atoms with Crippen molar-refractivity contribution >= 4 is 15.6 Å². The van der Waals surface area contributed by atoms with E-state index in [4.69, 9.17) is 0 Å². The lowest BCUT2D eigenvalue weighted by Crippen LogP contribution is -2.30. The highest BCUT2D eigenvalue weighted by Gasteiger charge is 2.45. The van der Waals surface area contributed by atoms with E-state index in [-0.39, 0.29) is 5.78 Å². The van der Waals surface area contributed by atoms with Crippen LogP contribution < -0.4 is 0 Å². The molecule has 0 aromatic heterocycles. The summed E-state index contributed by atoms with van der Waals surface area (Å²) in [6.45, 7) is 3.61. The average Bonchev–Trinajstić information content (AvgIpc) is 2.06. The minimum absolute atomic E-state index is 0.120. The molecule has 0 bridgehead atoms. The molecule has 1 unspecified atom stereocenters. The third kappa shape index (κ3) is 1.53. The molecule has 0 heterocycles. The van der Waals surface area contributed by atoms with Crippen molar-refractivity contribution in [2.45, 2.75) is 31.9 Å². The molecule has 12 heavy (non-hydrogen) atoms. The molecule has 1 fully saturated rings. The van der Waals surface area contributed by atoms with E-state index in [1.807, 2.05) is 0 Å². The van der Waals surface area contributed by atoms with Crippen molar-refractivity contribution in [3.8, 4) is 0 Å². The molecular weight excluding hydrogens is 176 g/mol. The zero-order valence-electron chi connectivity index (χ0n) is 7.62. The number of Topliss-reactive ketones (excluding diaryl/α,β-unsaturated/α-hetero) is 1. The number of hydrogen-bond acceptors (Lipinski definition) is 3. The highest BCUT2D eigenvalue weighted by Crippen LogP contribution is 2.36. The Bertz CT molecular complexity index is 300. The molecule has 70 valence electrons. The molecule has 0 radical (unpaired) electrons. The molecule has 1 rings (SSSR count). The van der Waals surface area contributed by atoms with Gasteiger partial charge < -0.3 is 0 Å². The van der Waals surface area contributed by atoms with Crippen LogP contribution in [0.15, 0.2) is 0 Å². The summed E-state index contributed by atoms with van der Waals surface area (Å²) in [5.74, 6) is -0.120. The average molecular weight is 190 g/mol. The molecule has 3 nitrogen and oxygen atoms in total. The second-order valence-corrected chi connectivity index (χ2v) is 6.33. The zero-order chi connectivity index (χ0) is 9.57. The third-order valence-electron chi connectivity index (χ3n) is 2.51. The van der Waals surface area contributed by atoms with E-state index in [0.717, 1.165) is 6.26 Å². The number of rotatable bonds is 1. The number of ketones is 1. The fourth-order valence-electron chi connectivity index (χ4n) is 1.59. The number of carbonyl (C=O) groups excluding carboxylic acids is 1. The summed E-state index contributed by atoms with van der Waals surface area (Å²) in [7, 11) is -3.17. The number of carbonyl (C=O) groups is 1. The minimum atomic E-state index is -3.17. The van der Waals surface area contributed by atoms with Crippen molar-refractivity contribution < 1.29 is 13.2 Å². The van der Waals surface area contributed by atoms with Gasteiger partial charge in [0.15, 0.2) is 15.6 Å². The normalized spacial score (nSPS) is 29.2. The Kier molecular flexibility index (Phi) is 2.07. The largest absolute Gasteiger partial charge is 0.298 e. The molecule has 1 atom stereocenters. The first-order chi connectivity index (χ1) is 5.25. The maximum absolute atomic E-state index is 11.5. The highest BCUT2D eigenvalue weighted by atomic mass is 32.2. The van der Waals surface area contributed by atoms with E-state index in [1.54, 1.807) is 13.8 Å². The number of hydrogen-bond donors (Lipinski definition) is 0.